The van der Waals surface area contributed by atoms with E-state index in [1.54, 1.807) is 9.58 Å². The zero-order valence-electron chi connectivity index (χ0n) is 15.0. The standard InChI is InChI=1S/C19H16N6OS2/c1-14-12-27-18(20-14)24(15-8-4-2-5-9-15)17(26)13-28-19-21-22-23-25(19)16-10-6-3-7-11-16/h2-12H,13H2,1H3. The van der Waals surface area contributed by atoms with Gasteiger partial charge in [-0.1, -0.05) is 48.2 Å². The lowest BCUT2D eigenvalue weighted by molar-refractivity contribution is -0.115. The summed E-state index contributed by atoms with van der Waals surface area (Å²) in [4.78, 5) is 19.2. The van der Waals surface area contributed by atoms with Crippen LogP contribution < -0.4 is 4.90 Å². The zero-order valence-corrected chi connectivity index (χ0v) is 16.6. The van der Waals surface area contributed by atoms with Crippen molar-refractivity contribution >= 4 is 39.8 Å². The molecule has 0 N–H and O–H groups in total. The number of tetrazole rings is 1. The van der Waals surface area contributed by atoms with Crippen molar-refractivity contribution in [3.63, 3.8) is 0 Å². The molecule has 140 valence electrons. The first-order valence-corrected chi connectivity index (χ1v) is 10.4. The second-order valence-corrected chi connectivity index (χ2v) is 7.61. The third-order valence-electron chi connectivity index (χ3n) is 3.83. The van der Waals surface area contributed by atoms with Gasteiger partial charge in [-0.2, -0.15) is 4.68 Å². The van der Waals surface area contributed by atoms with Gasteiger partial charge in [0.1, 0.15) is 0 Å². The van der Waals surface area contributed by atoms with Gasteiger partial charge in [-0.3, -0.25) is 9.69 Å². The second-order valence-electron chi connectivity index (χ2n) is 5.83. The number of thiazole rings is 1. The number of aryl methyl sites for hydroxylation is 1. The summed E-state index contributed by atoms with van der Waals surface area (Å²) in [5.74, 6) is 0.0916. The Morgan fingerprint density at radius 2 is 1.82 bits per heavy atom. The van der Waals surface area contributed by atoms with Gasteiger partial charge in [0, 0.05) is 5.38 Å². The van der Waals surface area contributed by atoms with Gasteiger partial charge in [-0.25, -0.2) is 4.98 Å². The van der Waals surface area contributed by atoms with E-state index in [-0.39, 0.29) is 11.7 Å². The van der Waals surface area contributed by atoms with Crippen molar-refractivity contribution in [1.29, 1.82) is 0 Å². The van der Waals surface area contributed by atoms with Crippen LogP contribution in [-0.4, -0.2) is 36.9 Å². The maximum absolute atomic E-state index is 13.1. The Balaban J connectivity index is 1.56. The Hall–Kier alpha value is -3.04. The zero-order chi connectivity index (χ0) is 19.3. The number of hydrogen-bond acceptors (Lipinski definition) is 7. The molecule has 0 atom stereocenters. The molecule has 2 aromatic heterocycles. The number of carbonyl (C=O) groups excluding carboxylic acids is 1. The number of aromatic nitrogens is 5. The Morgan fingerprint density at radius 1 is 1.11 bits per heavy atom. The minimum atomic E-state index is -0.0897. The van der Waals surface area contributed by atoms with Gasteiger partial charge in [-0.05, 0) is 41.6 Å². The Kier molecular flexibility index (Phi) is 5.45. The number of amides is 1. The topological polar surface area (TPSA) is 76.8 Å². The molecule has 1 amide bonds. The number of hydrogen-bond donors (Lipinski definition) is 0. The molecule has 0 radical (unpaired) electrons. The SMILES string of the molecule is Cc1csc(N(C(=O)CSc2nnnn2-c2ccccc2)c2ccccc2)n1. The molecule has 0 bridgehead atoms. The quantitative estimate of drug-likeness (QED) is 0.451. The second kappa shape index (κ2) is 8.32. The molecule has 0 fully saturated rings. The number of benzene rings is 2. The highest BCUT2D eigenvalue weighted by Crippen LogP contribution is 2.30. The fourth-order valence-electron chi connectivity index (χ4n) is 2.57. The highest BCUT2D eigenvalue weighted by molar-refractivity contribution is 7.99. The summed E-state index contributed by atoms with van der Waals surface area (Å²) in [6.45, 7) is 1.91. The average Bonchev–Trinajstić information content (AvgIpc) is 3.37. The lowest BCUT2D eigenvalue weighted by Gasteiger charge is -2.19. The molecule has 4 aromatic rings. The van der Waals surface area contributed by atoms with Crippen LogP contribution in [0, 0.1) is 6.92 Å². The molecule has 2 aromatic carbocycles. The lowest BCUT2D eigenvalue weighted by atomic mass is 10.3. The van der Waals surface area contributed by atoms with Crippen molar-refractivity contribution in [1.82, 2.24) is 25.2 Å². The molecule has 0 aliphatic carbocycles. The Morgan fingerprint density at radius 3 is 2.50 bits per heavy atom. The number of anilines is 2. The van der Waals surface area contributed by atoms with Crippen molar-refractivity contribution in [3.8, 4) is 5.69 Å². The molecule has 0 aliphatic heterocycles. The molecule has 0 saturated carbocycles. The fraction of sp³-hybridized carbons (Fsp3) is 0.105. The predicted octanol–water partition coefficient (Wildman–Crippen LogP) is 3.88. The van der Waals surface area contributed by atoms with Gasteiger partial charge < -0.3 is 0 Å². The van der Waals surface area contributed by atoms with Gasteiger partial charge in [0.05, 0.1) is 22.8 Å². The van der Waals surface area contributed by atoms with Gasteiger partial charge in [-0.15, -0.1) is 16.4 Å². The third kappa shape index (κ3) is 3.95. The van der Waals surface area contributed by atoms with E-state index < -0.39 is 0 Å². The first kappa shape index (κ1) is 18.3. The lowest BCUT2D eigenvalue weighted by Crippen LogP contribution is -2.27. The molecular formula is C19H16N6OS2. The summed E-state index contributed by atoms with van der Waals surface area (Å²) in [5, 5.41) is 15.0. The molecule has 0 saturated heterocycles. The van der Waals surface area contributed by atoms with E-state index in [2.05, 4.69) is 20.5 Å². The van der Waals surface area contributed by atoms with E-state index >= 15 is 0 Å². The highest BCUT2D eigenvalue weighted by Gasteiger charge is 2.22. The van der Waals surface area contributed by atoms with Crippen LogP contribution in [0.5, 0.6) is 0 Å². The Labute approximate surface area is 170 Å². The van der Waals surface area contributed by atoms with Crippen molar-refractivity contribution in [2.24, 2.45) is 0 Å². The first-order valence-electron chi connectivity index (χ1n) is 8.49. The van der Waals surface area contributed by atoms with Crippen molar-refractivity contribution in [3.05, 3.63) is 71.7 Å². The van der Waals surface area contributed by atoms with Crippen molar-refractivity contribution in [2.75, 3.05) is 10.7 Å². The van der Waals surface area contributed by atoms with Crippen LogP contribution in [0.2, 0.25) is 0 Å². The normalized spacial score (nSPS) is 10.8. The summed E-state index contributed by atoms with van der Waals surface area (Å²) in [6.07, 6.45) is 0. The minimum absolute atomic E-state index is 0.0897. The maximum atomic E-state index is 13.1. The number of rotatable bonds is 6. The average molecular weight is 409 g/mol. The number of carbonyl (C=O) groups is 1. The maximum Gasteiger partial charge on any atom is 0.243 e. The molecule has 2 heterocycles. The van der Waals surface area contributed by atoms with E-state index in [0.717, 1.165) is 17.1 Å². The molecular weight excluding hydrogens is 392 g/mol. The summed E-state index contributed by atoms with van der Waals surface area (Å²) in [6, 6.07) is 19.1. The smallest absolute Gasteiger partial charge is 0.243 e. The van der Waals surface area contributed by atoms with Crippen LogP contribution in [0.3, 0.4) is 0 Å². The number of nitrogens with zero attached hydrogens (tertiary/aromatic N) is 6. The number of thioether (sulfide) groups is 1. The molecule has 28 heavy (non-hydrogen) atoms. The van der Waals surface area contributed by atoms with Crippen LogP contribution in [0.4, 0.5) is 10.8 Å². The predicted molar refractivity (Wildman–Crippen MR) is 110 cm³/mol. The van der Waals surface area contributed by atoms with Crippen LogP contribution >= 0.6 is 23.1 Å². The molecule has 0 spiro atoms. The van der Waals surface area contributed by atoms with Crippen LogP contribution in [0.1, 0.15) is 5.69 Å². The van der Waals surface area contributed by atoms with Crippen LogP contribution in [0.15, 0.2) is 71.2 Å². The van der Waals surface area contributed by atoms with E-state index in [0.29, 0.717) is 10.3 Å². The summed E-state index contributed by atoms with van der Waals surface area (Å²) in [5.41, 5.74) is 2.51. The molecule has 0 unspecified atom stereocenters. The van der Waals surface area contributed by atoms with Crippen LogP contribution in [0.25, 0.3) is 5.69 Å². The largest absolute Gasteiger partial charge is 0.273 e. The third-order valence-corrected chi connectivity index (χ3v) is 5.68. The van der Waals surface area contributed by atoms with E-state index in [1.807, 2.05) is 73.0 Å². The minimum Gasteiger partial charge on any atom is -0.273 e. The molecule has 7 nitrogen and oxygen atoms in total. The van der Waals surface area contributed by atoms with E-state index in [1.165, 1.54) is 23.1 Å². The van der Waals surface area contributed by atoms with E-state index in [4.69, 9.17) is 0 Å². The molecule has 9 heteroatoms. The summed E-state index contributed by atoms with van der Waals surface area (Å²) < 4.78 is 1.62. The van der Waals surface area contributed by atoms with Crippen LogP contribution in [-0.2, 0) is 4.79 Å². The number of para-hydroxylation sites is 2. The van der Waals surface area contributed by atoms with Gasteiger partial charge in [0.15, 0.2) is 5.13 Å². The Bertz CT molecular complexity index is 1060. The molecule has 0 aliphatic rings. The van der Waals surface area contributed by atoms with Gasteiger partial charge in [0.2, 0.25) is 11.1 Å². The fourth-order valence-corrected chi connectivity index (χ4v) is 4.15. The van der Waals surface area contributed by atoms with E-state index in [9.17, 15) is 4.79 Å². The summed E-state index contributed by atoms with van der Waals surface area (Å²) >= 11 is 2.74. The van der Waals surface area contributed by atoms with Crippen molar-refractivity contribution in [2.45, 2.75) is 12.1 Å². The van der Waals surface area contributed by atoms with Gasteiger partial charge in [0.25, 0.3) is 0 Å². The highest BCUT2D eigenvalue weighted by atomic mass is 32.2. The first-order chi connectivity index (χ1) is 13.7. The van der Waals surface area contributed by atoms with Gasteiger partial charge >= 0.3 is 0 Å². The monoisotopic (exact) mass is 408 g/mol. The van der Waals surface area contributed by atoms with Crippen molar-refractivity contribution < 1.29 is 4.79 Å². The summed E-state index contributed by atoms with van der Waals surface area (Å²) in [7, 11) is 0. The molecule has 4 rings (SSSR count).